The van der Waals surface area contributed by atoms with Crippen LogP contribution in [-0.4, -0.2) is 37.0 Å². The zero-order valence-electron chi connectivity index (χ0n) is 19.4. The maximum Gasteiger partial charge on any atom is 0.224 e. The van der Waals surface area contributed by atoms with Crippen molar-refractivity contribution in [1.29, 1.82) is 0 Å². The lowest BCUT2D eigenvalue weighted by molar-refractivity contribution is -0.127. The third kappa shape index (κ3) is 5.89. The summed E-state index contributed by atoms with van der Waals surface area (Å²) in [6, 6.07) is 15.4. The van der Waals surface area contributed by atoms with E-state index in [0.717, 1.165) is 62.6 Å². The predicted molar refractivity (Wildman–Crippen MR) is 128 cm³/mol. The SMILES string of the molecule is C[C@@H]1CCCN(c2ccc([C@H](C)NC(=O)[C@H]3CCCN(Cc4ccc(F)cc4)C3)cc2)C1. The van der Waals surface area contributed by atoms with Gasteiger partial charge < -0.3 is 10.2 Å². The Morgan fingerprint density at radius 3 is 2.47 bits per heavy atom. The summed E-state index contributed by atoms with van der Waals surface area (Å²) in [5, 5.41) is 3.24. The van der Waals surface area contributed by atoms with Crippen molar-refractivity contribution in [3.05, 3.63) is 65.5 Å². The van der Waals surface area contributed by atoms with Gasteiger partial charge in [0.2, 0.25) is 5.91 Å². The van der Waals surface area contributed by atoms with E-state index >= 15 is 0 Å². The van der Waals surface area contributed by atoms with Crippen LogP contribution >= 0.6 is 0 Å². The molecule has 2 saturated heterocycles. The summed E-state index contributed by atoms with van der Waals surface area (Å²) in [5.41, 5.74) is 3.51. The number of amides is 1. The summed E-state index contributed by atoms with van der Waals surface area (Å²) >= 11 is 0. The van der Waals surface area contributed by atoms with E-state index in [4.69, 9.17) is 0 Å². The lowest BCUT2D eigenvalue weighted by Crippen LogP contribution is -2.43. The average molecular weight is 438 g/mol. The van der Waals surface area contributed by atoms with Crippen molar-refractivity contribution < 1.29 is 9.18 Å². The largest absolute Gasteiger partial charge is 0.371 e. The van der Waals surface area contributed by atoms with Crippen LogP contribution in [0.15, 0.2) is 48.5 Å². The number of anilines is 1. The average Bonchev–Trinajstić information content (AvgIpc) is 2.81. The molecule has 0 aromatic heterocycles. The highest BCUT2D eigenvalue weighted by Crippen LogP contribution is 2.25. The maximum atomic E-state index is 13.2. The highest BCUT2D eigenvalue weighted by molar-refractivity contribution is 5.79. The van der Waals surface area contributed by atoms with Gasteiger partial charge in [0.25, 0.3) is 0 Å². The number of nitrogens with one attached hydrogen (secondary N) is 1. The zero-order chi connectivity index (χ0) is 22.5. The first-order chi connectivity index (χ1) is 15.5. The number of likely N-dealkylation sites (tertiary alicyclic amines) is 1. The van der Waals surface area contributed by atoms with E-state index in [2.05, 4.69) is 53.2 Å². The number of hydrogen-bond acceptors (Lipinski definition) is 3. The standard InChI is InChI=1S/C27H36FN3O/c1-20-5-3-16-31(17-20)26-13-9-23(10-14-26)21(2)29-27(32)24-6-4-15-30(19-24)18-22-7-11-25(28)12-8-22/h7-14,20-21,24H,3-6,15-19H2,1-2H3,(H,29,32)/t20-,21+,24+/m1/s1. The Morgan fingerprint density at radius 1 is 1.03 bits per heavy atom. The first kappa shape index (κ1) is 22.8. The topological polar surface area (TPSA) is 35.6 Å². The number of carbonyl (C=O) groups excluding carboxylic acids is 1. The van der Waals surface area contributed by atoms with Crippen molar-refractivity contribution in [3.63, 3.8) is 0 Å². The van der Waals surface area contributed by atoms with Crippen LogP contribution in [0.25, 0.3) is 0 Å². The lowest BCUT2D eigenvalue weighted by Gasteiger charge is -2.33. The van der Waals surface area contributed by atoms with Crippen molar-refractivity contribution >= 4 is 11.6 Å². The molecule has 3 atom stereocenters. The minimum atomic E-state index is -0.211. The molecule has 0 saturated carbocycles. The molecule has 1 amide bonds. The molecule has 2 aromatic rings. The number of halogens is 1. The fraction of sp³-hybridized carbons (Fsp3) is 0.519. The molecule has 2 heterocycles. The minimum absolute atomic E-state index is 0.000703. The molecule has 2 aliphatic heterocycles. The third-order valence-corrected chi connectivity index (χ3v) is 6.97. The minimum Gasteiger partial charge on any atom is -0.371 e. The Kier molecular flexibility index (Phi) is 7.46. The molecule has 4 rings (SSSR count). The number of carbonyl (C=O) groups is 1. The van der Waals surface area contributed by atoms with Crippen LogP contribution in [0.4, 0.5) is 10.1 Å². The van der Waals surface area contributed by atoms with Gasteiger partial charge >= 0.3 is 0 Å². The number of rotatable bonds is 6. The summed E-state index contributed by atoms with van der Waals surface area (Å²) in [4.78, 5) is 17.8. The van der Waals surface area contributed by atoms with E-state index in [-0.39, 0.29) is 23.7 Å². The third-order valence-electron chi connectivity index (χ3n) is 6.97. The van der Waals surface area contributed by atoms with Crippen molar-refractivity contribution in [2.75, 3.05) is 31.1 Å². The van der Waals surface area contributed by atoms with Crippen LogP contribution in [-0.2, 0) is 11.3 Å². The van der Waals surface area contributed by atoms with Gasteiger partial charge in [-0.25, -0.2) is 4.39 Å². The molecule has 2 fully saturated rings. The van der Waals surface area contributed by atoms with E-state index in [9.17, 15) is 9.18 Å². The van der Waals surface area contributed by atoms with Crippen molar-refractivity contribution in [1.82, 2.24) is 10.2 Å². The highest BCUT2D eigenvalue weighted by atomic mass is 19.1. The predicted octanol–water partition coefficient (Wildman–Crippen LogP) is 5.15. The molecule has 1 N–H and O–H groups in total. The van der Waals surface area contributed by atoms with Crippen LogP contribution in [0.2, 0.25) is 0 Å². The van der Waals surface area contributed by atoms with Crippen LogP contribution < -0.4 is 10.2 Å². The molecule has 0 aliphatic carbocycles. The van der Waals surface area contributed by atoms with Crippen molar-refractivity contribution in [2.24, 2.45) is 11.8 Å². The van der Waals surface area contributed by atoms with E-state index < -0.39 is 0 Å². The first-order valence-corrected chi connectivity index (χ1v) is 12.1. The van der Waals surface area contributed by atoms with Crippen LogP contribution in [0.3, 0.4) is 0 Å². The maximum absolute atomic E-state index is 13.2. The Labute approximate surface area is 191 Å². The van der Waals surface area contributed by atoms with E-state index in [1.807, 2.05) is 12.1 Å². The van der Waals surface area contributed by atoms with E-state index in [0.29, 0.717) is 0 Å². The Balaban J connectivity index is 1.30. The van der Waals surface area contributed by atoms with Gasteiger partial charge in [0.1, 0.15) is 5.82 Å². The molecular formula is C27H36FN3O. The van der Waals surface area contributed by atoms with Gasteiger partial charge in [0.15, 0.2) is 0 Å². The molecular weight excluding hydrogens is 401 g/mol. The summed E-state index contributed by atoms with van der Waals surface area (Å²) in [6.07, 6.45) is 4.51. The van der Waals surface area contributed by atoms with E-state index in [1.165, 1.54) is 30.7 Å². The quantitative estimate of drug-likeness (QED) is 0.679. The Hall–Kier alpha value is -2.40. The smallest absolute Gasteiger partial charge is 0.224 e. The fourth-order valence-electron chi connectivity index (χ4n) is 5.07. The summed E-state index contributed by atoms with van der Waals surface area (Å²) < 4.78 is 13.2. The van der Waals surface area contributed by atoms with Crippen molar-refractivity contribution in [2.45, 2.75) is 52.1 Å². The molecule has 172 valence electrons. The Morgan fingerprint density at radius 2 is 1.75 bits per heavy atom. The summed E-state index contributed by atoms with van der Waals surface area (Å²) in [7, 11) is 0. The molecule has 0 unspecified atom stereocenters. The van der Waals surface area contributed by atoms with Crippen LogP contribution in [0, 0.1) is 17.7 Å². The molecule has 2 aromatic carbocycles. The normalized spacial score (nSPS) is 23.0. The fourth-order valence-corrected chi connectivity index (χ4v) is 5.07. The number of hydrogen-bond donors (Lipinski definition) is 1. The van der Waals surface area contributed by atoms with Crippen molar-refractivity contribution in [3.8, 4) is 0 Å². The molecule has 2 aliphatic rings. The molecule has 4 nitrogen and oxygen atoms in total. The van der Waals surface area contributed by atoms with Gasteiger partial charge in [0.05, 0.1) is 12.0 Å². The van der Waals surface area contributed by atoms with Gasteiger partial charge in [-0.3, -0.25) is 9.69 Å². The van der Waals surface area contributed by atoms with E-state index in [1.54, 1.807) is 0 Å². The van der Waals surface area contributed by atoms with Gasteiger partial charge in [-0.05, 0) is 80.5 Å². The number of nitrogens with zero attached hydrogens (tertiary/aromatic N) is 2. The van der Waals surface area contributed by atoms with Crippen LogP contribution in [0.5, 0.6) is 0 Å². The Bertz CT molecular complexity index is 883. The summed E-state index contributed by atoms with van der Waals surface area (Å²) in [6.45, 7) is 9.14. The second kappa shape index (κ2) is 10.5. The molecule has 0 bridgehead atoms. The number of benzene rings is 2. The van der Waals surface area contributed by atoms with Gasteiger partial charge in [-0.2, -0.15) is 0 Å². The second-order valence-corrected chi connectivity index (χ2v) is 9.72. The molecule has 32 heavy (non-hydrogen) atoms. The second-order valence-electron chi connectivity index (χ2n) is 9.72. The number of piperidine rings is 2. The highest BCUT2D eigenvalue weighted by Gasteiger charge is 2.27. The van der Waals surface area contributed by atoms with Gasteiger partial charge in [0, 0.05) is 31.9 Å². The monoisotopic (exact) mass is 437 g/mol. The first-order valence-electron chi connectivity index (χ1n) is 12.1. The van der Waals surface area contributed by atoms with Crippen LogP contribution in [0.1, 0.15) is 56.7 Å². The molecule has 0 spiro atoms. The molecule has 0 radical (unpaired) electrons. The lowest BCUT2D eigenvalue weighted by atomic mass is 9.95. The summed E-state index contributed by atoms with van der Waals surface area (Å²) in [5.74, 6) is 0.674. The molecule has 5 heteroatoms. The van der Waals surface area contributed by atoms with Gasteiger partial charge in [-0.1, -0.05) is 31.2 Å². The zero-order valence-corrected chi connectivity index (χ0v) is 19.4. The van der Waals surface area contributed by atoms with Gasteiger partial charge in [-0.15, -0.1) is 0 Å².